The largest absolute Gasteiger partial charge is 0.394 e. The zero-order valence-corrected chi connectivity index (χ0v) is 19.0. The topological polar surface area (TPSA) is 170 Å². The molecule has 2 saturated heterocycles. The molecular weight excluding hydrogens is 384 g/mol. The van der Waals surface area contributed by atoms with Crippen LogP contribution in [0, 0.1) is 0 Å². The lowest BCUT2D eigenvalue weighted by Gasteiger charge is -2.29. The molecule has 0 radical (unpaired) electrons. The Morgan fingerprint density at radius 2 is 1.10 bits per heavy atom. The average molecular weight is 431 g/mol. The van der Waals surface area contributed by atoms with Crippen LogP contribution in [-0.2, 0) is 18.9 Å². The number of methoxy groups -OCH3 is 2. The van der Waals surface area contributed by atoms with Gasteiger partial charge in [-0.05, 0) is 6.92 Å². The number of hydrogen-bond acceptors (Lipinski definition) is 10. The molecule has 6 unspecified atom stereocenters. The maximum absolute atomic E-state index is 9.16. The summed E-state index contributed by atoms with van der Waals surface area (Å²) in [6.45, 7) is 7.38. The first kappa shape index (κ1) is 33.2. The molecule has 180 valence electrons. The molecule has 10 nitrogen and oxygen atoms in total. The Balaban J connectivity index is -0.000000335. The summed E-state index contributed by atoms with van der Waals surface area (Å²) in [5.41, 5.74) is 10.9. The van der Waals surface area contributed by atoms with Gasteiger partial charge >= 0.3 is 0 Å². The van der Waals surface area contributed by atoms with Gasteiger partial charge in [0.05, 0.1) is 62.9 Å². The van der Waals surface area contributed by atoms with E-state index in [1.807, 2.05) is 20.8 Å². The number of hydrogen-bond donors (Lipinski definition) is 6. The Hall–Kier alpha value is -0.400. The fraction of sp³-hybridized carbons (Fsp3) is 1.00. The second kappa shape index (κ2) is 23.9. The van der Waals surface area contributed by atoms with E-state index >= 15 is 0 Å². The number of aliphatic hydroxyl groups is 4. The molecule has 0 aromatic heterocycles. The van der Waals surface area contributed by atoms with Crippen molar-refractivity contribution in [2.75, 3.05) is 54.4 Å². The van der Waals surface area contributed by atoms with E-state index < -0.39 is 12.2 Å². The summed E-state index contributed by atoms with van der Waals surface area (Å²) >= 11 is 0. The van der Waals surface area contributed by atoms with Crippen molar-refractivity contribution in [3.8, 4) is 0 Å². The monoisotopic (exact) mass is 430 g/mol. The fourth-order valence-electron chi connectivity index (χ4n) is 2.00. The highest BCUT2D eigenvalue weighted by Crippen LogP contribution is 2.12. The molecule has 2 rings (SSSR count). The summed E-state index contributed by atoms with van der Waals surface area (Å²) < 4.78 is 18.9. The van der Waals surface area contributed by atoms with Crippen LogP contribution < -0.4 is 11.5 Å². The lowest BCUT2D eigenvalue weighted by molar-refractivity contribution is -0.0756. The van der Waals surface area contributed by atoms with Crippen LogP contribution in [0.4, 0.5) is 0 Å². The van der Waals surface area contributed by atoms with Crippen LogP contribution in [0.15, 0.2) is 0 Å². The molecule has 29 heavy (non-hydrogen) atoms. The van der Waals surface area contributed by atoms with E-state index in [4.69, 9.17) is 41.4 Å². The predicted octanol–water partition coefficient (Wildman–Crippen LogP) is -1.15. The molecule has 0 aromatic carbocycles. The van der Waals surface area contributed by atoms with Crippen molar-refractivity contribution in [3.63, 3.8) is 0 Å². The third kappa shape index (κ3) is 19.3. The van der Waals surface area contributed by atoms with Gasteiger partial charge in [-0.2, -0.15) is 0 Å². The Labute approximate surface area is 176 Å². The number of ether oxygens (including phenoxy) is 4. The second-order valence-electron chi connectivity index (χ2n) is 6.20. The summed E-state index contributed by atoms with van der Waals surface area (Å²) in [5.74, 6) is 0. The van der Waals surface area contributed by atoms with Crippen molar-refractivity contribution < 1.29 is 39.4 Å². The highest BCUT2D eigenvalue weighted by molar-refractivity contribution is 4.80. The molecule has 0 spiro atoms. The third-order valence-corrected chi connectivity index (χ3v) is 3.74. The van der Waals surface area contributed by atoms with Crippen LogP contribution in [0.25, 0.3) is 0 Å². The van der Waals surface area contributed by atoms with Crippen LogP contribution in [0.5, 0.6) is 0 Å². The average Bonchev–Trinajstić information content (AvgIpc) is 2.74. The smallest absolute Gasteiger partial charge is 0.0831 e. The zero-order valence-electron chi connectivity index (χ0n) is 19.0. The molecule has 2 aliphatic rings. The van der Waals surface area contributed by atoms with Gasteiger partial charge in [-0.3, -0.25) is 0 Å². The van der Waals surface area contributed by atoms with Gasteiger partial charge in [0, 0.05) is 40.8 Å². The Kier molecular flexibility index (Phi) is 27.4. The van der Waals surface area contributed by atoms with Crippen molar-refractivity contribution in [2.45, 2.75) is 70.1 Å². The molecule has 2 fully saturated rings. The second-order valence-corrected chi connectivity index (χ2v) is 6.20. The number of rotatable bonds is 3. The van der Waals surface area contributed by atoms with Gasteiger partial charge in [0.1, 0.15) is 0 Å². The molecule has 10 heteroatoms. The summed E-state index contributed by atoms with van der Waals surface area (Å²) in [7, 11) is 4.93. The van der Waals surface area contributed by atoms with E-state index in [-0.39, 0.29) is 37.5 Å². The van der Waals surface area contributed by atoms with Crippen LogP contribution in [0.3, 0.4) is 0 Å². The van der Waals surface area contributed by atoms with E-state index in [9.17, 15) is 0 Å². The first-order valence-corrected chi connectivity index (χ1v) is 10.0. The summed E-state index contributed by atoms with van der Waals surface area (Å²) in [4.78, 5) is 0. The zero-order chi connectivity index (χ0) is 23.2. The molecule has 6 atom stereocenters. The van der Waals surface area contributed by atoms with Crippen molar-refractivity contribution in [1.82, 2.24) is 0 Å². The summed E-state index contributed by atoms with van der Waals surface area (Å²) in [6, 6.07) is -0.578. The Morgan fingerprint density at radius 1 is 0.828 bits per heavy atom. The van der Waals surface area contributed by atoms with Gasteiger partial charge < -0.3 is 50.8 Å². The van der Waals surface area contributed by atoms with E-state index in [2.05, 4.69) is 9.47 Å². The van der Waals surface area contributed by atoms with E-state index in [1.54, 1.807) is 21.3 Å². The molecular formula is C19H46N2O8. The Morgan fingerprint density at radius 3 is 1.28 bits per heavy atom. The van der Waals surface area contributed by atoms with E-state index in [0.717, 1.165) is 6.61 Å². The first-order valence-electron chi connectivity index (χ1n) is 10.0. The molecule has 2 heterocycles. The van der Waals surface area contributed by atoms with Crippen molar-refractivity contribution in [1.29, 1.82) is 0 Å². The third-order valence-electron chi connectivity index (χ3n) is 3.74. The van der Waals surface area contributed by atoms with Gasteiger partial charge in [-0.15, -0.1) is 0 Å². The fourth-order valence-corrected chi connectivity index (χ4v) is 2.00. The minimum atomic E-state index is -0.522. The lowest BCUT2D eigenvalue weighted by Crippen LogP contribution is -2.47. The van der Waals surface area contributed by atoms with Gasteiger partial charge in [-0.1, -0.05) is 13.8 Å². The minimum absolute atomic E-state index is 0.0379. The Bertz CT molecular complexity index is 288. The molecule has 0 amide bonds. The van der Waals surface area contributed by atoms with Crippen LogP contribution in [0.2, 0.25) is 0 Å². The van der Waals surface area contributed by atoms with E-state index in [0.29, 0.717) is 26.1 Å². The lowest BCUT2D eigenvalue weighted by atomic mass is 10.0. The predicted molar refractivity (Wildman–Crippen MR) is 113 cm³/mol. The van der Waals surface area contributed by atoms with Crippen molar-refractivity contribution in [3.05, 3.63) is 0 Å². The first-order chi connectivity index (χ1) is 13.8. The van der Waals surface area contributed by atoms with Crippen molar-refractivity contribution >= 4 is 0 Å². The minimum Gasteiger partial charge on any atom is -0.394 e. The highest BCUT2D eigenvalue weighted by Gasteiger charge is 2.27. The molecule has 0 aliphatic carbocycles. The molecule has 2 aliphatic heterocycles. The van der Waals surface area contributed by atoms with Crippen LogP contribution in [-0.4, -0.2) is 111 Å². The van der Waals surface area contributed by atoms with Gasteiger partial charge in [-0.25, -0.2) is 0 Å². The standard InChI is InChI=1S/2C6H13NO3.C3H8O.C2H6O.C2H6/c2*7-5-3-10-4(2-8)1-6(5)9;1-3-4-2;1-3-2;1-2/h2*4-6,8-9H,1-3,7H2;3H2,1-2H3;1-2H3;1-2H3. The maximum atomic E-state index is 9.16. The van der Waals surface area contributed by atoms with Crippen LogP contribution in [0.1, 0.15) is 33.6 Å². The van der Waals surface area contributed by atoms with Gasteiger partial charge in [0.2, 0.25) is 0 Å². The highest BCUT2D eigenvalue weighted by atomic mass is 16.5. The molecule has 8 N–H and O–H groups in total. The SMILES string of the molecule is CC.CCOC.COC.NC1COC(CO)CC1O.NC1COC(CO)CC1O. The van der Waals surface area contributed by atoms with Gasteiger partial charge in [0.15, 0.2) is 0 Å². The van der Waals surface area contributed by atoms with Gasteiger partial charge in [0.25, 0.3) is 0 Å². The summed E-state index contributed by atoms with van der Waals surface area (Å²) in [6.07, 6.45) is -0.614. The molecule has 0 aromatic rings. The summed E-state index contributed by atoms with van der Waals surface area (Å²) in [5, 5.41) is 35.6. The quantitative estimate of drug-likeness (QED) is 0.321. The van der Waals surface area contributed by atoms with E-state index in [1.165, 1.54) is 0 Å². The molecule has 0 bridgehead atoms. The normalized spacial score (nSPS) is 30.6. The maximum Gasteiger partial charge on any atom is 0.0831 e. The number of nitrogens with two attached hydrogens (primary N) is 2. The van der Waals surface area contributed by atoms with Crippen molar-refractivity contribution in [2.24, 2.45) is 11.5 Å². The van der Waals surface area contributed by atoms with Crippen LogP contribution >= 0.6 is 0 Å². The number of aliphatic hydroxyl groups excluding tert-OH is 4. The molecule has 0 saturated carbocycles.